The Bertz CT molecular complexity index is 829. The monoisotopic (exact) mass is 395 g/mol. The molecule has 142 valence electrons. The Morgan fingerprint density at radius 1 is 1.19 bits per heavy atom. The number of aryl methyl sites for hydroxylation is 1. The second-order valence-corrected chi connectivity index (χ2v) is 8.73. The average Bonchev–Trinajstić information content (AvgIpc) is 3.04. The van der Waals surface area contributed by atoms with Crippen LogP contribution < -0.4 is 15.4 Å². The van der Waals surface area contributed by atoms with Crippen molar-refractivity contribution in [1.29, 1.82) is 0 Å². The molecule has 0 atom stereocenters. The first-order valence-corrected chi connectivity index (χ1v) is 10.8. The van der Waals surface area contributed by atoms with Crippen molar-refractivity contribution in [2.75, 3.05) is 20.6 Å². The van der Waals surface area contributed by atoms with Crippen LogP contribution in [0.15, 0.2) is 34.6 Å². The fraction of sp³-hybridized carbons (Fsp3) is 0.412. The first kappa shape index (κ1) is 20.3. The van der Waals surface area contributed by atoms with Gasteiger partial charge in [0, 0.05) is 31.9 Å². The smallest absolute Gasteiger partial charge is 0.215 e. The molecule has 0 unspecified atom stereocenters. The number of benzene rings is 1. The van der Waals surface area contributed by atoms with Gasteiger partial charge >= 0.3 is 0 Å². The molecule has 0 fully saturated rings. The minimum atomic E-state index is -3.25. The van der Waals surface area contributed by atoms with Crippen LogP contribution in [-0.4, -0.2) is 40.0 Å². The molecule has 0 saturated carbocycles. The zero-order valence-corrected chi connectivity index (χ0v) is 16.9. The van der Waals surface area contributed by atoms with E-state index in [1.165, 1.54) is 7.05 Å². The van der Waals surface area contributed by atoms with Gasteiger partial charge in [-0.15, -0.1) is 11.3 Å². The molecule has 0 amide bonds. The first-order valence-electron chi connectivity index (χ1n) is 8.26. The molecule has 1 aromatic carbocycles. The fourth-order valence-electron chi connectivity index (χ4n) is 2.28. The Kier molecular flexibility index (Phi) is 7.55. The van der Waals surface area contributed by atoms with Gasteiger partial charge in [-0.05, 0) is 25.1 Å². The Morgan fingerprint density at radius 2 is 1.88 bits per heavy atom. The Morgan fingerprint density at radius 3 is 2.46 bits per heavy atom. The molecule has 2 rings (SSSR count). The first-order chi connectivity index (χ1) is 12.4. The highest BCUT2D eigenvalue weighted by molar-refractivity contribution is 7.88. The van der Waals surface area contributed by atoms with E-state index in [9.17, 15) is 8.42 Å². The van der Waals surface area contributed by atoms with Gasteiger partial charge in [0.15, 0.2) is 5.96 Å². The van der Waals surface area contributed by atoms with Gasteiger partial charge in [-0.1, -0.05) is 24.3 Å². The number of aliphatic imine (C=N–C) groups is 1. The molecule has 26 heavy (non-hydrogen) atoms. The summed E-state index contributed by atoms with van der Waals surface area (Å²) in [5, 5.41) is 9.66. The zero-order chi connectivity index (χ0) is 19.0. The van der Waals surface area contributed by atoms with Crippen molar-refractivity contribution < 1.29 is 8.42 Å². The Balaban J connectivity index is 1.78. The molecule has 0 bridgehead atoms. The lowest BCUT2D eigenvalue weighted by Gasteiger charge is -2.12. The standard InChI is InChI=1S/C17H25N5O2S2/c1-13-22-16(11-25-13)8-9-20-17(18-2)21-10-14-4-6-15(7-5-14)12-26(23,24)19-3/h4-7,11,19H,8-10,12H2,1-3H3,(H2,18,20,21). The van der Waals surface area contributed by atoms with Crippen LogP contribution in [0.1, 0.15) is 21.8 Å². The quantitative estimate of drug-likeness (QED) is 0.464. The van der Waals surface area contributed by atoms with Gasteiger partial charge in [0.25, 0.3) is 0 Å². The van der Waals surface area contributed by atoms with Crippen LogP contribution in [0.4, 0.5) is 0 Å². The van der Waals surface area contributed by atoms with Crippen molar-refractivity contribution in [3.63, 3.8) is 0 Å². The molecule has 0 radical (unpaired) electrons. The van der Waals surface area contributed by atoms with Gasteiger partial charge in [-0.25, -0.2) is 18.1 Å². The molecular weight excluding hydrogens is 370 g/mol. The number of guanidine groups is 1. The van der Waals surface area contributed by atoms with Crippen molar-refractivity contribution in [1.82, 2.24) is 20.3 Å². The summed E-state index contributed by atoms with van der Waals surface area (Å²) in [7, 11) is -0.0972. The van der Waals surface area contributed by atoms with E-state index in [2.05, 4.69) is 30.7 Å². The molecule has 1 aromatic heterocycles. The number of thiazole rings is 1. The number of hydrogen-bond acceptors (Lipinski definition) is 5. The van der Waals surface area contributed by atoms with Gasteiger partial charge in [0.1, 0.15) is 0 Å². The highest BCUT2D eigenvalue weighted by atomic mass is 32.2. The SMILES string of the molecule is CN=C(NCCc1csc(C)n1)NCc1ccc(CS(=O)(=O)NC)cc1. The van der Waals surface area contributed by atoms with Crippen LogP contribution in [0, 0.1) is 6.92 Å². The largest absolute Gasteiger partial charge is 0.356 e. The van der Waals surface area contributed by atoms with Crippen molar-refractivity contribution >= 4 is 27.3 Å². The van der Waals surface area contributed by atoms with E-state index in [1.807, 2.05) is 31.2 Å². The molecule has 0 aliphatic heterocycles. The lowest BCUT2D eigenvalue weighted by Crippen LogP contribution is -2.37. The summed E-state index contributed by atoms with van der Waals surface area (Å²) in [6, 6.07) is 7.48. The van der Waals surface area contributed by atoms with Crippen molar-refractivity contribution in [2.24, 2.45) is 4.99 Å². The molecule has 0 saturated heterocycles. The number of sulfonamides is 1. The van der Waals surface area contributed by atoms with Crippen LogP contribution in [0.25, 0.3) is 0 Å². The van der Waals surface area contributed by atoms with Gasteiger partial charge in [-0.2, -0.15) is 0 Å². The maximum atomic E-state index is 11.6. The van der Waals surface area contributed by atoms with Crippen LogP contribution >= 0.6 is 11.3 Å². The number of hydrogen-bond donors (Lipinski definition) is 3. The Labute approximate surface area is 159 Å². The van der Waals surface area contributed by atoms with E-state index in [1.54, 1.807) is 18.4 Å². The van der Waals surface area contributed by atoms with E-state index in [0.29, 0.717) is 6.54 Å². The summed E-state index contributed by atoms with van der Waals surface area (Å²) < 4.78 is 25.4. The fourth-order valence-corrected chi connectivity index (χ4v) is 3.71. The molecule has 0 aliphatic carbocycles. The minimum Gasteiger partial charge on any atom is -0.356 e. The Hall–Kier alpha value is -1.97. The molecule has 3 N–H and O–H groups in total. The predicted molar refractivity (Wildman–Crippen MR) is 107 cm³/mol. The number of nitrogens with zero attached hydrogens (tertiary/aromatic N) is 2. The summed E-state index contributed by atoms with van der Waals surface area (Å²) >= 11 is 1.66. The van der Waals surface area contributed by atoms with Gasteiger partial charge in [-0.3, -0.25) is 4.99 Å². The van der Waals surface area contributed by atoms with Crippen LogP contribution in [0.5, 0.6) is 0 Å². The van der Waals surface area contributed by atoms with Crippen LogP contribution in [0.2, 0.25) is 0 Å². The van der Waals surface area contributed by atoms with E-state index in [0.717, 1.165) is 40.8 Å². The minimum absolute atomic E-state index is 0.0173. The van der Waals surface area contributed by atoms with E-state index >= 15 is 0 Å². The molecular formula is C17H25N5O2S2. The lowest BCUT2D eigenvalue weighted by molar-refractivity contribution is 0.587. The van der Waals surface area contributed by atoms with E-state index in [4.69, 9.17) is 0 Å². The number of rotatable bonds is 8. The van der Waals surface area contributed by atoms with E-state index in [-0.39, 0.29) is 5.75 Å². The molecule has 0 aliphatic rings. The topological polar surface area (TPSA) is 95.5 Å². The average molecular weight is 396 g/mol. The summed E-state index contributed by atoms with van der Waals surface area (Å²) in [6.45, 7) is 3.36. The number of aromatic nitrogens is 1. The summed E-state index contributed by atoms with van der Waals surface area (Å²) in [6.07, 6.45) is 0.847. The third-order valence-electron chi connectivity index (χ3n) is 3.71. The summed E-state index contributed by atoms with van der Waals surface area (Å²) in [4.78, 5) is 8.64. The van der Waals surface area contributed by atoms with Gasteiger partial charge in [0.05, 0.1) is 16.5 Å². The zero-order valence-electron chi connectivity index (χ0n) is 15.2. The third-order valence-corrected chi connectivity index (χ3v) is 5.87. The predicted octanol–water partition coefficient (Wildman–Crippen LogP) is 1.41. The van der Waals surface area contributed by atoms with Gasteiger partial charge < -0.3 is 10.6 Å². The third kappa shape index (κ3) is 6.74. The highest BCUT2D eigenvalue weighted by Crippen LogP contribution is 2.08. The highest BCUT2D eigenvalue weighted by Gasteiger charge is 2.08. The van der Waals surface area contributed by atoms with Crippen molar-refractivity contribution in [3.8, 4) is 0 Å². The second-order valence-electron chi connectivity index (χ2n) is 5.74. The molecule has 2 aromatic rings. The maximum Gasteiger partial charge on any atom is 0.215 e. The molecule has 7 nitrogen and oxygen atoms in total. The lowest BCUT2D eigenvalue weighted by atomic mass is 10.1. The van der Waals surface area contributed by atoms with Crippen LogP contribution in [0.3, 0.4) is 0 Å². The second kappa shape index (κ2) is 9.65. The number of nitrogens with one attached hydrogen (secondary N) is 3. The normalized spacial score (nSPS) is 12.2. The molecule has 1 heterocycles. The summed E-state index contributed by atoms with van der Waals surface area (Å²) in [5.74, 6) is 0.704. The van der Waals surface area contributed by atoms with Crippen molar-refractivity contribution in [2.45, 2.75) is 25.6 Å². The summed E-state index contributed by atoms with van der Waals surface area (Å²) in [5.41, 5.74) is 2.89. The maximum absolute atomic E-state index is 11.6. The van der Waals surface area contributed by atoms with Crippen molar-refractivity contribution in [3.05, 3.63) is 51.5 Å². The van der Waals surface area contributed by atoms with E-state index < -0.39 is 10.0 Å². The molecule has 0 spiro atoms. The molecule has 9 heteroatoms. The van der Waals surface area contributed by atoms with Crippen LogP contribution in [-0.2, 0) is 28.7 Å². The van der Waals surface area contributed by atoms with Gasteiger partial charge in [0.2, 0.25) is 10.0 Å².